The maximum absolute atomic E-state index is 10.7. The number of halogens is 1. The van der Waals surface area contributed by atoms with Crippen LogP contribution < -0.4 is 15.4 Å². The van der Waals surface area contributed by atoms with Gasteiger partial charge in [0, 0.05) is 19.1 Å². The molecule has 0 aromatic rings. The van der Waals surface area contributed by atoms with E-state index in [1.54, 1.807) is 0 Å². The quantitative estimate of drug-likeness (QED) is 0.454. The van der Waals surface area contributed by atoms with Crippen LogP contribution in [0.3, 0.4) is 0 Å². The van der Waals surface area contributed by atoms with Gasteiger partial charge in [-0.1, -0.05) is 0 Å². The zero-order chi connectivity index (χ0) is 10.6. The van der Waals surface area contributed by atoms with Gasteiger partial charge in [0.2, 0.25) is 10.0 Å². The molecular formula is C7H17IN4O2S. The van der Waals surface area contributed by atoms with Gasteiger partial charge in [0.15, 0.2) is 5.96 Å². The molecule has 1 unspecified atom stereocenters. The van der Waals surface area contributed by atoms with Crippen LogP contribution in [0.4, 0.5) is 0 Å². The molecule has 0 aromatic heterocycles. The van der Waals surface area contributed by atoms with Crippen molar-refractivity contribution >= 4 is 40.0 Å². The Bertz CT molecular complexity index is 317. The average Bonchev–Trinajstić information content (AvgIpc) is 2.44. The van der Waals surface area contributed by atoms with Crippen molar-refractivity contribution in [3.05, 3.63) is 0 Å². The lowest BCUT2D eigenvalue weighted by atomic mass is 10.4. The maximum Gasteiger partial charge on any atom is 0.208 e. The van der Waals surface area contributed by atoms with Gasteiger partial charge in [0.05, 0.1) is 12.8 Å². The number of sulfonamides is 1. The monoisotopic (exact) mass is 348 g/mol. The summed E-state index contributed by atoms with van der Waals surface area (Å²) in [5.41, 5.74) is 0. The van der Waals surface area contributed by atoms with Crippen molar-refractivity contribution in [2.45, 2.75) is 13.0 Å². The van der Waals surface area contributed by atoms with Crippen LogP contribution in [-0.4, -0.2) is 46.3 Å². The predicted molar refractivity (Wildman–Crippen MR) is 71.2 cm³/mol. The number of nitrogens with one attached hydrogen (secondary N) is 3. The minimum Gasteiger partial charge on any atom is -0.355 e. The molecule has 0 aromatic carbocycles. The number of guanidine groups is 1. The molecule has 90 valence electrons. The zero-order valence-electron chi connectivity index (χ0n) is 8.78. The Balaban J connectivity index is 0.00000196. The zero-order valence-corrected chi connectivity index (χ0v) is 11.9. The number of nitrogens with zero attached hydrogens (tertiary/aromatic N) is 1. The molecular weight excluding hydrogens is 331 g/mol. The number of aliphatic imine (C=N–C) groups is 1. The SMILES string of the molecule is CC1CN=C(NCCNS(C)(=O)=O)N1.I. The highest BCUT2D eigenvalue weighted by atomic mass is 127. The Hall–Kier alpha value is -0.0900. The van der Waals surface area contributed by atoms with Crippen LogP contribution in [0, 0.1) is 0 Å². The van der Waals surface area contributed by atoms with Gasteiger partial charge < -0.3 is 10.6 Å². The van der Waals surface area contributed by atoms with Crippen molar-refractivity contribution in [3.8, 4) is 0 Å². The van der Waals surface area contributed by atoms with Crippen LogP contribution in [0.2, 0.25) is 0 Å². The maximum atomic E-state index is 10.7. The highest BCUT2D eigenvalue weighted by molar-refractivity contribution is 14.0. The molecule has 1 aliphatic rings. The second-order valence-electron chi connectivity index (χ2n) is 3.33. The van der Waals surface area contributed by atoms with E-state index in [0.717, 1.165) is 18.8 Å². The van der Waals surface area contributed by atoms with E-state index in [9.17, 15) is 8.42 Å². The first-order chi connectivity index (χ1) is 6.47. The first-order valence-corrected chi connectivity index (χ1v) is 6.36. The van der Waals surface area contributed by atoms with Crippen LogP contribution in [0.25, 0.3) is 0 Å². The van der Waals surface area contributed by atoms with Crippen molar-refractivity contribution < 1.29 is 8.42 Å². The standard InChI is InChI=1S/C7H16N4O2S.HI/c1-6-5-9-7(11-6)8-3-4-10-14(2,12)13;/h6,10H,3-5H2,1-2H3,(H2,8,9,11);1H. The fraction of sp³-hybridized carbons (Fsp3) is 0.857. The number of hydrogen-bond donors (Lipinski definition) is 3. The Kier molecular flexibility index (Phi) is 6.44. The molecule has 1 heterocycles. The summed E-state index contributed by atoms with van der Waals surface area (Å²) in [7, 11) is -3.08. The topological polar surface area (TPSA) is 82.6 Å². The molecule has 1 aliphatic heterocycles. The molecule has 1 rings (SSSR count). The van der Waals surface area contributed by atoms with E-state index >= 15 is 0 Å². The largest absolute Gasteiger partial charge is 0.355 e. The van der Waals surface area contributed by atoms with Crippen molar-refractivity contribution in [1.82, 2.24) is 15.4 Å². The molecule has 1 atom stereocenters. The Morgan fingerprint density at radius 1 is 1.53 bits per heavy atom. The minimum absolute atomic E-state index is 0. The first-order valence-electron chi connectivity index (χ1n) is 4.47. The molecule has 0 spiro atoms. The summed E-state index contributed by atoms with van der Waals surface area (Å²) in [6, 6.07) is 0.361. The number of rotatable bonds is 4. The van der Waals surface area contributed by atoms with Gasteiger partial charge in [-0.15, -0.1) is 24.0 Å². The van der Waals surface area contributed by atoms with Crippen molar-refractivity contribution in [1.29, 1.82) is 0 Å². The van der Waals surface area contributed by atoms with Gasteiger partial charge in [-0.05, 0) is 6.92 Å². The fourth-order valence-corrected chi connectivity index (χ4v) is 1.55. The second-order valence-corrected chi connectivity index (χ2v) is 5.16. The lowest BCUT2D eigenvalue weighted by Gasteiger charge is -2.08. The van der Waals surface area contributed by atoms with E-state index in [1.165, 1.54) is 0 Å². The predicted octanol–water partition coefficient (Wildman–Crippen LogP) is -0.909. The van der Waals surface area contributed by atoms with Crippen molar-refractivity contribution in [2.24, 2.45) is 4.99 Å². The van der Waals surface area contributed by atoms with E-state index in [4.69, 9.17) is 0 Å². The average molecular weight is 348 g/mol. The van der Waals surface area contributed by atoms with E-state index in [-0.39, 0.29) is 24.0 Å². The molecule has 0 fully saturated rings. The Labute approximate surface area is 107 Å². The lowest BCUT2D eigenvalue weighted by Crippen LogP contribution is -2.41. The Morgan fingerprint density at radius 3 is 2.67 bits per heavy atom. The first kappa shape index (κ1) is 14.9. The van der Waals surface area contributed by atoms with Gasteiger partial charge in [-0.2, -0.15) is 0 Å². The summed E-state index contributed by atoms with van der Waals surface area (Å²) in [5, 5.41) is 6.11. The normalized spacial score (nSPS) is 20.1. The van der Waals surface area contributed by atoms with Gasteiger partial charge in [-0.25, -0.2) is 13.1 Å². The van der Waals surface area contributed by atoms with Crippen LogP contribution in [-0.2, 0) is 10.0 Å². The van der Waals surface area contributed by atoms with Crippen LogP contribution in [0.1, 0.15) is 6.92 Å². The van der Waals surface area contributed by atoms with Crippen molar-refractivity contribution in [3.63, 3.8) is 0 Å². The summed E-state index contributed by atoms with van der Waals surface area (Å²) < 4.78 is 23.8. The molecule has 0 amide bonds. The van der Waals surface area contributed by atoms with E-state index in [1.807, 2.05) is 6.92 Å². The fourth-order valence-electron chi connectivity index (χ4n) is 1.08. The Morgan fingerprint density at radius 2 is 2.20 bits per heavy atom. The minimum atomic E-state index is -3.08. The smallest absolute Gasteiger partial charge is 0.208 e. The summed E-state index contributed by atoms with van der Waals surface area (Å²) in [5.74, 6) is 0.743. The molecule has 8 heteroatoms. The molecule has 6 nitrogen and oxygen atoms in total. The third-order valence-electron chi connectivity index (χ3n) is 1.69. The molecule has 0 saturated carbocycles. The summed E-state index contributed by atoms with van der Waals surface area (Å²) in [6.45, 7) is 3.70. The highest BCUT2D eigenvalue weighted by Gasteiger charge is 2.11. The lowest BCUT2D eigenvalue weighted by molar-refractivity contribution is 0.586. The van der Waals surface area contributed by atoms with Crippen LogP contribution in [0.5, 0.6) is 0 Å². The molecule has 0 saturated heterocycles. The van der Waals surface area contributed by atoms with Crippen molar-refractivity contribution in [2.75, 3.05) is 25.9 Å². The molecule has 0 aliphatic carbocycles. The third kappa shape index (κ3) is 6.90. The summed E-state index contributed by atoms with van der Waals surface area (Å²) in [6.07, 6.45) is 1.14. The van der Waals surface area contributed by atoms with E-state index in [2.05, 4.69) is 20.3 Å². The van der Waals surface area contributed by atoms with Gasteiger partial charge in [-0.3, -0.25) is 4.99 Å². The van der Waals surface area contributed by atoms with E-state index in [0.29, 0.717) is 19.1 Å². The van der Waals surface area contributed by atoms with Crippen LogP contribution >= 0.6 is 24.0 Å². The van der Waals surface area contributed by atoms with Crippen LogP contribution in [0.15, 0.2) is 4.99 Å². The third-order valence-corrected chi connectivity index (χ3v) is 2.42. The number of hydrogen-bond acceptors (Lipinski definition) is 5. The van der Waals surface area contributed by atoms with Gasteiger partial charge >= 0.3 is 0 Å². The summed E-state index contributed by atoms with van der Waals surface area (Å²) >= 11 is 0. The molecule has 3 N–H and O–H groups in total. The van der Waals surface area contributed by atoms with Gasteiger partial charge in [0.1, 0.15) is 0 Å². The molecule has 15 heavy (non-hydrogen) atoms. The highest BCUT2D eigenvalue weighted by Crippen LogP contribution is 1.91. The van der Waals surface area contributed by atoms with Gasteiger partial charge in [0.25, 0.3) is 0 Å². The second kappa shape index (κ2) is 6.48. The molecule has 0 bridgehead atoms. The van der Waals surface area contributed by atoms with E-state index < -0.39 is 10.0 Å². The summed E-state index contributed by atoms with van der Waals surface area (Å²) in [4.78, 5) is 4.17. The molecule has 0 radical (unpaired) electrons.